The zero-order valence-corrected chi connectivity index (χ0v) is 15.5. The number of para-hydroxylation sites is 1. The number of nitrogens with zero attached hydrogens (tertiary/aromatic N) is 2. The highest BCUT2D eigenvalue weighted by Gasteiger charge is 2.23. The predicted molar refractivity (Wildman–Crippen MR) is 103 cm³/mol. The van der Waals surface area contributed by atoms with Crippen molar-refractivity contribution in [1.29, 1.82) is 0 Å². The van der Waals surface area contributed by atoms with Gasteiger partial charge in [0.2, 0.25) is 5.91 Å². The highest BCUT2D eigenvalue weighted by Crippen LogP contribution is 2.19. The fourth-order valence-electron chi connectivity index (χ4n) is 3.13. The third kappa shape index (κ3) is 3.56. The number of amides is 1. The molecule has 0 saturated heterocycles. The Morgan fingerprint density at radius 1 is 1.37 bits per heavy atom. The second-order valence-electron chi connectivity index (χ2n) is 6.21. The van der Waals surface area contributed by atoms with E-state index in [0.29, 0.717) is 12.1 Å². The van der Waals surface area contributed by atoms with Gasteiger partial charge in [0.1, 0.15) is 6.04 Å². The number of methoxy groups -OCH3 is 1. The number of aromatic nitrogens is 3. The van der Waals surface area contributed by atoms with Crippen LogP contribution >= 0.6 is 11.3 Å². The van der Waals surface area contributed by atoms with Crippen LogP contribution in [0.2, 0.25) is 0 Å². The number of benzene rings is 1. The summed E-state index contributed by atoms with van der Waals surface area (Å²) in [4.78, 5) is 33.1. The molecule has 0 aliphatic heterocycles. The van der Waals surface area contributed by atoms with Gasteiger partial charge in [-0.15, -0.1) is 11.3 Å². The van der Waals surface area contributed by atoms with Crippen molar-refractivity contribution in [2.24, 2.45) is 0 Å². The van der Waals surface area contributed by atoms with E-state index in [4.69, 9.17) is 4.74 Å². The summed E-state index contributed by atoms with van der Waals surface area (Å²) in [5.74, 6) is -0.740. The maximum absolute atomic E-state index is 12.5. The van der Waals surface area contributed by atoms with E-state index in [2.05, 4.69) is 15.3 Å². The van der Waals surface area contributed by atoms with Crippen molar-refractivity contribution in [3.63, 3.8) is 0 Å². The van der Waals surface area contributed by atoms with Crippen molar-refractivity contribution < 1.29 is 14.3 Å². The Hall–Kier alpha value is -3.13. The first-order chi connectivity index (χ1) is 13.1. The lowest BCUT2D eigenvalue weighted by molar-refractivity contribution is -0.145. The van der Waals surface area contributed by atoms with Gasteiger partial charge < -0.3 is 15.0 Å². The Balaban J connectivity index is 1.49. The molecule has 0 unspecified atom stereocenters. The number of ether oxygens (including phenoxy) is 1. The normalized spacial score (nSPS) is 12.3. The summed E-state index contributed by atoms with van der Waals surface area (Å²) in [6, 6.07) is 7.07. The summed E-state index contributed by atoms with van der Waals surface area (Å²) in [6.07, 6.45) is 6.02. The fourth-order valence-corrected chi connectivity index (χ4v) is 3.85. The first-order valence-corrected chi connectivity index (χ1v) is 9.35. The molecule has 0 aliphatic carbocycles. The summed E-state index contributed by atoms with van der Waals surface area (Å²) in [5.41, 5.74) is 2.60. The number of aromatic amines is 1. The molecular formula is C19H18N4O3S. The van der Waals surface area contributed by atoms with E-state index in [1.54, 1.807) is 0 Å². The van der Waals surface area contributed by atoms with Crippen LogP contribution in [0.15, 0.2) is 48.2 Å². The lowest BCUT2D eigenvalue weighted by Crippen LogP contribution is -2.43. The minimum atomic E-state index is -0.759. The fraction of sp³-hybridized carbons (Fsp3) is 0.211. The Kier molecular flexibility index (Phi) is 4.64. The summed E-state index contributed by atoms with van der Waals surface area (Å²) >= 11 is 1.50. The van der Waals surface area contributed by atoms with Gasteiger partial charge in [-0.05, 0) is 11.6 Å². The highest BCUT2D eigenvalue weighted by molar-refractivity contribution is 7.15. The number of nitrogens with one attached hydrogen (secondary N) is 2. The molecule has 0 fully saturated rings. The van der Waals surface area contributed by atoms with Crippen molar-refractivity contribution in [2.75, 3.05) is 7.11 Å². The minimum absolute atomic E-state index is 0.107. The third-order valence-electron chi connectivity index (χ3n) is 4.40. The van der Waals surface area contributed by atoms with Crippen LogP contribution in [0, 0.1) is 0 Å². The Morgan fingerprint density at radius 2 is 2.22 bits per heavy atom. The van der Waals surface area contributed by atoms with E-state index in [9.17, 15) is 9.59 Å². The molecule has 4 rings (SSSR count). The van der Waals surface area contributed by atoms with E-state index in [1.165, 1.54) is 18.4 Å². The number of hydrogen-bond acceptors (Lipinski definition) is 5. The quantitative estimate of drug-likeness (QED) is 0.501. The van der Waals surface area contributed by atoms with Crippen molar-refractivity contribution in [3.8, 4) is 0 Å². The maximum atomic E-state index is 12.5. The van der Waals surface area contributed by atoms with Crippen LogP contribution in [0.1, 0.15) is 11.3 Å². The molecule has 1 atom stereocenters. The number of imidazole rings is 1. The van der Waals surface area contributed by atoms with Gasteiger partial charge in [0.25, 0.3) is 0 Å². The van der Waals surface area contributed by atoms with Crippen LogP contribution in [-0.2, 0) is 27.2 Å². The number of rotatable bonds is 6. The number of esters is 1. The van der Waals surface area contributed by atoms with Gasteiger partial charge in [-0.1, -0.05) is 18.2 Å². The average Bonchev–Trinajstić information content (AvgIpc) is 3.35. The van der Waals surface area contributed by atoms with Crippen LogP contribution in [0.4, 0.5) is 0 Å². The van der Waals surface area contributed by atoms with Gasteiger partial charge in [0, 0.05) is 41.3 Å². The second-order valence-corrected chi connectivity index (χ2v) is 7.08. The van der Waals surface area contributed by atoms with Crippen molar-refractivity contribution >= 4 is 39.1 Å². The maximum Gasteiger partial charge on any atom is 0.328 e. The number of fused-ring (bicyclic) bond motifs is 2. The van der Waals surface area contributed by atoms with Crippen LogP contribution in [0.5, 0.6) is 0 Å². The van der Waals surface area contributed by atoms with E-state index >= 15 is 0 Å². The topological polar surface area (TPSA) is 88.5 Å². The van der Waals surface area contributed by atoms with Gasteiger partial charge in [0.05, 0.1) is 19.2 Å². The van der Waals surface area contributed by atoms with E-state index in [-0.39, 0.29) is 12.3 Å². The molecule has 7 nitrogen and oxygen atoms in total. The standard InChI is InChI=1S/C19H18N4O3S/c1-26-18(25)16(8-12-10-20-15-5-3-2-4-14(12)15)22-17(24)9-13-11-23-6-7-27-19(23)21-13/h2-7,10-11,16,20H,8-9H2,1H3,(H,22,24)/t16-/m1/s1. The molecule has 1 aromatic carbocycles. The summed E-state index contributed by atoms with van der Waals surface area (Å²) in [7, 11) is 1.32. The number of H-pyrrole nitrogens is 1. The molecule has 0 radical (unpaired) electrons. The van der Waals surface area contributed by atoms with Crippen LogP contribution in [0.3, 0.4) is 0 Å². The van der Waals surface area contributed by atoms with Gasteiger partial charge in [-0.25, -0.2) is 9.78 Å². The molecule has 4 aromatic rings. The first kappa shape index (κ1) is 17.3. The molecule has 138 valence electrons. The van der Waals surface area contributed by atoms with Crippen LogP contribution < -0.4 is 5.32 Å². The van der Waals surface area contributed by atoms with E-state index in [1.807, 2.05) is 52.6 Å². The molecule has 0 spiro atoms. The number of carbonyl (C=O) groups excluding carboxylic acids is 2. The first-order valence-electron chi connectivity index (χ1n) is 8.47. The van der Waals surface area contributed by atoms with Gasteiger partial charge >= 0.3 is 5.97 Å². The third-order valence-corrected chi connectivity index (χ3v) is 5.18. The van der Waals surface area contributed by atoms with Crippen molar-refractivity contribution in [1.82, 2.24) is 19.7 Å². The van der Waals surface area contributed by atoms with Crippen LogP contribution in [-0.4, -0.2) is 39.4 Å². The van der Waals surface area contributed by atoms with Crippen molar-refractivity contribution in [2.45, 2.75) is 18.9 Å². The molecule has 8 heteroatoms. The SMILES string of the molecule is COC(=O)[C@@H](Cc1c[nH]c2ccccc12)NC(=O)Cc1cn2ccsc2n1. The lowest BCUT2D eigenvalue weighted by atomic mass is 10.0. The molecule has 27 heavy (non-hydrogen) atoms. The average molecular weight is 382 g/mol. The molecule has 0 bridgehead atoms. The zero-order valence-electron chi connectivity index (χ0n) is 14.6. The van der Waals surface area contributed by atoms with E-state index in [0.717, 1.165) is 21.4 Å². The summed E-state index contributed by atoms with van der Waals surface area (Å²) < 4.78 is 6.75. The number of hydrogen-bond donors (Lipinski definition) is 2. The number of thiazole rings is 1. The van der Waals surface area contributed by atoms with Gasteiger partial charge in [-0.3, -0.25) is 9.20 Å². The van der Waals surface area contributed by atoms with Gasteiger partial charge in [-0.2, -0.15) is 0 Å². The lowest BCUT2D eigenvalue weighted by Gasteiger charge is -2.16. The predicted octanol–water partition coefficient (Wildman–Crippen LogP) is 2.32. The summed E-state index contributed by atoms with van der Waals surface area (Å²) in [5, 5.41) is 5.74. The number of carbonyl (C=O) groups is 2. The largest absolute Gasteiger partial charge is 0.467 e. The smallest absolute Gasteiger partial charge is 0.328 e. The van der Waals surface area contributed by atoms with Crippen molar-refractivity contribution in [3.05, 3.63) is 59.5 Å². The Morgan fingerprint density at radius 3 is 3.04 bits per heavy atom. The molecule has 3 aromatic heterocycles. The Labute approximate surface area is 159 Å². The zero-order chi connectivity index (χ0) is 18.8. The highest BCUT2D eigenvalue weighted by atomic mass is 32.1. The molecule has 0 aliphatic rings. The molecule has 3 heterocycles. The summed E-state index contributed by atoms with van der Waals surface area (Å²) in [6.45, 7) is 0. The van der Waals surface area contributed by atoms with Gasteiger partial charge in [0.15, 0.2) is 4.96 Å². The van der Waals surface area contributed by atoms with Crippen LogP contribution in [0.25, 0.3) is 15.9 Å². The monoisotopic (exact) mass is 382 g/mol. The molecule has 0 saturated carbocycles. The molecule has 2 N–H and O–H groups in total. The second kappa shape index (κ2) is 7.24. The molecule has 1 amide bonds. The minimum Gasteiger partial charge on any atom is -0.467 e. The van der Waals surface area contributed by atoms with E-state index < -0.39 is 12.0 Å². The molecular weight excluding hydrogens is 364 g/mol. The Bertz CT molecular complexity index is 1080.